The van der Waals surface area contributed by atoms with Gasteiger partial charge in [0.1, 0.15) is 11.0 Å². The van der Waals surface area contributed by atoms with Crippen molar-refractivity contribution < 1.29 is 14.2 Å². The van der Waals surface area contributed by atoms with Gasteiger partial charge in [-0.25, -0.2) is 9.37 Å². The number of hydrogen-bond acceptors (Lipinski definition) is 3. The summed E-state index contributed by atoms with van der Waals surface area (Å²) < 4.78 is 18.0. The Kier molecular flexibility index (Phi) is 4.94. The van der Waals surface area contributed by atoms with Crippen molar-refractivity contribution in [2.45, 2.75) is 12.7 Å². The largest absolute Gasteiger partial charge is 0.368 e. The van der Waals surface area contributed by atoms with Gasteiger partial charge in [0.05, 0.1) is 10.7 Å². The van der Waals surface area contributed by atoms with Gasteiger partial charge < -0.3 is 9.84 Å². The maximum Gasteiger partial charge on any atom is 0.158 e. The van der Waals surface area contributed by atoms with E-state index in [9.17, 15) is 9.50 Å². The summed E-state index contributed by atoms with van der Waals surface area (Å²) in [6.45, 7) is 0. The van der Waals surface area contributed by atoms with Crippen molar-refractivity contribution in [3.8, 4) is 11.3 Å². The lowest BCUT2D eigenvalue weighted by Crippen LogP contribution is -2.12. The van der Waals surface area contributed by atoms with Crippen molar-refractivity contribution in [1.82, 2.24) is 4.98 Å². The van der Waals surface area contributed by atoms with E-state index in [2.05, 4.69) is 4.98 Å². The molecule has 2 rings (SSSR count). The molecule has 0 bridgehead atoms. The van der Waals surface area contributed by atoms with Gasteiger partial charge in [0.2, 0.25) is 0 Å². The summed E-state index contributed by atoms with van der Waals surface area (Å²) in [6, 6.07) is 7.70. The van der Waals surface area contributed by atoms with E-state index in [-0.39, 0.29) is 16.6 Å². The van der Waals surface area contributed by atoms with Crippen LogP contribution in [0.25, 0.3) is 11.3 Å². The Morgan fingerprint density at radius 1 is 1.30 bits per heavy atom. The van der Waals surface area contributed by atoms with Gasteiger partial charge in [-0.3, -0.25) is 0 Å². The Balaban J connectivity index is 2.38. The molecule has 0 aliphatic heterocycles. The molecule has 1 heterocycles. The van der Waals surface area contributed by atoms with E-state index in [1.54, 1.807) is 18.2 Å². The van der Waals surface area contributed by atoms with Crippen LogP contribution in [0.1, 0.15) is 5.56 Å². The molecule has 1 N–H and O–H groups in total. The average Bonchev–Trinajstić information content (AvgIpc) is 2.41. The molecule has 0 spiro atoms. The summed E-state index contributed by atoms with van der Waals surface area (Å²) in [7, 11) is 1.41. The molecule has 0 aliphatic rings. The lowest BCUT2D eigenvalue weighted by atomic mass is 10.1. The second kappa shape index (κ2) is 6.50. The van der Waals surface area contributed by atoms with Crippen molar-refractivity contribution >= 4 is 23.2 Å². The van der Waals surface area contributed by atoms with Crippen molar-refractivity contribution in [2.24, 2.45) is 0 Å². The van der Waals surface area contributed by atoms with Crippen molar-refractivity contribution in [1.29, 1.82) is 0 Å². The molecule has 6 heteroatoms. The minimum absolute atomic E-state index is 0.0164. The molecule has 1 aromatic carbocycles. The zero-order valence-electron chi connectivity index (χ0n) is 10.6. The standard InChI is InChI=1S/C14H12Cl2FNO2/c1-20-14(19)6-8-4-12(18-13(16)5-8)9-2-3-11(17)10(15)7-9/h2-5,7,14,19H,6H2,1H3. The van der Waals surface area contributed by atoms with Gasteiger partial charge in [-0.05, 0) is 35.9 Å². The molecule has 0 fully saturated rings. The van der Waals surface area contributed by atoms with Crippen LogP contribution in [-0.4, -0.2) is 23.5 Å². The fourth-order valence-corrected chi connectivity index (χ4v) is 2.17. The quantitative estimate of drug-likeness (QED) is 0.691. The highest BCUT2D eigenvalue weighted by Crippen LogP contribution is 2.26. The molecule has 0 saturated heterocycles. The molecule has 0 aliphatic carbocycles. The SMILES string of the molecule is COC(O)Cc1cc(Cl)nc(-c2ccc(F)c(Cl)c2)c1. The fraction of sp³-hybridized carbons (Fsp3) is 0.214. The number of rotatable bonds is 4. The van der Waals surface area contributed by atoms with E-state index < -0.39 is 12.1 Å². The summed E-state index contributed by atoms with van der Waals surface area (Å²) in [5, 5.41) is 9.78. The Morgan fingerprint density at radius 3 is 2.70 bits per heavy atom. The highest BCUT2D eigenvalue weighted by molar-refractivity contribution is 6.31. The zero-order chi connectivity index (χ0) is 14.7. The Labute approximate surface area is 125 Å². The molecule has 1 atom stereocenters. The lowest BCUT2D eigenvalue weighted by molar-refractivity contribution is -0.0720. The minimum atomic E-state index is -0.918. The number of nitrogens with zero attached hydrogens (tertiary/aromatic N) is 1. The van der Waals surface area contributed by atoms with E-state index in [0.717, 1.165) is 5.56 Å². The fourth-order valence-electron chi connectivity index (χ4n) is 1.76. The van der Waals surface area contributed by atoms with Crippen LogP contribution in [0.4, 0.5) is 4.39 Å². The molecule has 0 amide bonds. The summed E-state index contributed by atoms with van der Waals surface area (Å²) in [5.74, 6) is -0.493. The first-order valence-corrected chi connectivity index (χ1v) is 6.58. The van der Waals surface area contributed by atoms with Crippen LogP contribution in [-0.2, 0) is 11.2 Å². The number of benzene rings is 1. The van der Waals surface area contributed by atoms with Gasteiger partial charge in [0.25, 0.3) is 0 Å². The number of aromatic nitrogens is 1. The number of methoxy groups -OCH3 is 1. The van der Waals surface area contributed by atoms with Crippen LogP contribution in [0, 0.1) is 5.82 Å². The first-order valence-electron chi connectivity index (χ1n) is 5.82. The zero-order valence-corrected chi connectivity index (χ0v) is 12.1. The van der Waals surface area contributed by atoms with Gasteiger partial charge >= 0.3 is 0 Å². The molecule has 0 radical (unpaired) electrons. The molecule has 106 valence electrons. The first-order chi connectivity index (χ1) is 9.49. The number of halogens is 3. The highest BCUT2D eigenvalue weighted by Gasteiger charge is 2.10. The predicted molar refractivity (Wildman–Crippen MR) is 76.4 cm³/mol. The summed E-state index contributed by atoms with van der Waals surface area (Å²) in [5.41, 5.74) is 1.96. The highest BCUT2D eigenvalue weighted by atomic mass is 35.5. The molecule has 0 saturated carbocycles. The van der Waals surface area contributed by atoms with Gasteiger partial charge in [-0.2, -0.15) is 0 Å². The van der Waals surface area contributed by atoms with E-state index in [1.165, 1.54) is 19.2 Å². The maximum atomic E-state index is 13.2. The first kappa shape index (κ1) is 15.2. The monoisotopic (exact) mass is 315 g/mol. The number of ether oxygens (including phenoxy) is 1. The number of aliphatic hydroxyl groups excluding tert-OH is 1. The molecule has 1 unspecified atom stereocenters. The number of hydrogen-bond donors (Lipinski definition) is 1. The molecule has 1 aromatic heterocycles. The van der Waals surface area contributed by atoms with Crippen molar-refractivity contribution in [2.75, 3.05) is 7.11 Å². The third-order valence-corrected chi connectivity index (χ3v) is 3.23. The van der Waals surface area contributed by atoms with Crippen molar-refractivity contribution in [3.05, 3.63) is 51.9 Å². The summed E-state index contributed by atoms with van der Waals surface area (Å²) in [4.78, 5) is 4.17. The molecular weight excluding hydrogens is 304 g/mol. The van der Waals surface area contributed by atoms with Gasteiger partial charge in [0.15, 0.2) is 6.29 Å². The van der Waals surface area contributed by atoms with Gasteiger partial charge in [-0.1, -0.05) is 23.2 Å². The average molecular weight is 316 g/mol. The van der Waals surface area contributed by atoms with E-state index in [1.807, 2.05) is 0 Å². The van der Waals surface area contributed by atoms with E-state index in [4.69, 9.17) is 27.9 Å². The molecular formula is C14H12Cl2FNO2. The topological polar surface area (TPSA) is 42.4 Å². The lowest BCUT2D eigenvalue weighted by Gasteiger charge is -2.10. The Hall–Kier alpha value is -1.20. The normalized spacial score (nSPS) is 12.4. The van der Waals surface area contributed by atoms with Crippen LogP contribution in [0.15, 0.2) is 30.3 Å². The Morgan fingerprint density at radius 2 is 2.05 bits per heavy atom. The third-order valence-electron chi connectivity index (χ3n) is 2.75. The van der Waals surface area contributed by atoms with E-state index >= 15 is 0 Å². The van der Waals surface area contributed by atoms with Gasteiger partial charge in [0, 0.05) is 19.1 Å². The minimum Gasteiger partial charge on any atom is -0.368 e. The molecule has 3 nitrogen and oxygen atoms in total. The summed E-state index contributed by atoms with van der Waals surface area (Å²) >= 11 is 11.7. The van der Waals surface area contributed by atoms with E-state index in [0.29, 0.717) is 11.3 Å². The van der Waals surface area contributed by atoms with Crippen LogP contribution in [0.5, 0.6) is 0 Å². The summed E-state index contributed by atoms with van der Waals surface area (Å²) in [6.07, 6.45) is -0.640. The predicted octanol–water partition coefficient (Wildman–Crippen LogP) is 3.70. The smallest absolute Gasteiger partial charge is 0.158 e. The van der Waals surface area contributed by atoms with Crippen LogP contribution >= 0.6 is 23.2 Å². The third kappa shape index (κ3) is 3.67. The molecule has 2 aromatic rings. The van der Waals surface area contributed by atoms with Crippen LogP contribution in [0.3, 0.4) is 0 Å². The molecule has 20 heavy (non-hydrogen) atoms. The van der Waals surface area contributed by atoms with Crippen molar-refractivity contribution in [3.63, 3.8) is 0 Å². The second-order valence-electron chi connectivity index (χ2n) is 4.21. The number of pyridine rings is 1. The Bertz CT molecular complexity index is 622. The van der Waals surface area contributed by atoms with Crippen LogP contribution < -0.4 is 0 Å². The second-order valence-corrected chi connectivity index (χ2v) is 5.00. The maximum absolute atomic E-state index is 13.2. The van der Waals surface area contributed by atoms with Crippen LogP contribution in [0.2, 0.25) is 10.2 Å². The van der Waals surface area contributed by atoms with Gasteiger partial charge in [-0.15, -0.1) is 0 Å². The number of aliphatic hydroxyl groups is 1.